The Kier molecular flexibility index (Phi) is 5.95. The van der Waals surface area contributed by atoms with Crippen LogP contribution in [0.1, 0.15) is 44.5 Å². The summed E-state index contributed by atoms with van der Waals surface area (Å²) < 4.78 is 0. The molecule has 1 aromatic heterocycles. The zero-order chi connectivity index (χ0) is 14.4. The van der Waals surface area contributed by atoms with E-state index in [4.69, 9.17) is 0 Å². The molecule has 4 nitrogen and oxygen atoms in total. The molecule has 0 saturated carbocycles. The van der Waals surface area contributed by atoms with Crippen molar-refractivity contribution in [3.63, 3.8) is 0 Å². The Morgan fingerprint density at radius 2 is 2.05 bits per heavy atom. The van der Waals surface area contributed by atoms with Gasteiger partial charge in [0.05, 0.1) is 0 Å². The highest BCUT2D eigenvalue weighted by atomic mass is 32.2. The number of nitrogens with one attached hydrogen (secondary N) is 2. The van der Waals surface area contributed by atoms with E-state index in [-0.39, 0.29) is 0 Å². The fourth-order valence-corrected chi connectivity index (χ4v) is 3.40. The van der Waals surface area contributed by atoms with Crippen LogP contribution >= 0.6 is 11.8 Å². The van der Waals surface area contributed by atoms with Crippen LogP contribution in [0.2, 0.25) is 0 Å². The molecule has 1 saturated heterocycles. The first kappa shape index (κ1) is 15.4. The van der Waals surface area contributed by atoms with Crippen molar-refractivity contribution in [1.82, 2.24) is 9.97 Å². The molecule has 2 N–H and O–H groups in total. The second kappa shape index (κ2) is 7.72. The van der Waals surface area contributed by atoms with E-state index >= 15 is 0 Å². The molecule has 2 rings (SSSR count). The standard InChI is InChI=1S/C15H26N4S/c1-4-8-16-14-11(3)15(19-13(5-2)18-14)17-12-7-6-9-20-10-12/h12H,4-10H2,1-3H3,(H2,16,17,18,19). The topological polar surface area (TPSA) is 49.8 Å². The van der Waals surface area contributed by atoms with Gasteiger partial charge in [-0.1, -0.05) is 13.8 Å². The first-order valence-electron chi connectivity index (χ1n) is 7.70. The predicted molar refractivity (Wildman–Crippen MR) is 88.9 cm³/mol. The Bertz CT molecular complexity index is 430. The van der Waals surface area contributed by atoms with Gasteiger partial charge in [-0.3, -0.25) is 0 Å². The minimum absolute atomic E-state index is 0.547. The fraction of sp³-hybridized carbons (Fsp3) is 0.733. The molecule has 2 heterocycles. The summed E-state index contributed by atoms with van der Waals surface area (Å²) in [7, 11) is 0. The lowest BCUT2D eigenvalue weighted by molar-refractivity contribution is 0.680. The lowest BCUT2D eigenvalue weighted by atomic mass is 10.1. The van der Waals surface area contributed by atoms with E-state index in [0.29, 0.717) is 6.04 Å². The van der Waals surface area contributed by atoms with Crippen molar-refractivity contribution in [2.75, 3.05) is 28.7 Å². The first-order chi connectivity index (χ1) is 9.74. The molecule has 1 fully saturated rings. The second-order valence-electron chi connectivity index (χ2n) is 5.30. The molecule has 0 aromatic carbocycles. The average Bonchev–Trinajstić information content (AvgIpc) is 2.49. The minimum Gasteiger partial charge on any atom is -0.370 e. The molecule has 0 bridgehead atoms. The van der Waals surface area contributed by atoms with Gasteiger partial charge in [-0.2, -0.15) is 11.8 Å². The van der Waals surface area contributed by atoms with Crippen molar-refractivity contribution in [1.29, 1.82) is 0 Å². The highest BCUT2D eigenvalue weighted by Gasteiger charge is 2.17. The van der Waals surface area contributed by atoms with E-state index in [1.807, 2.05) is 11.8 Å². The van der Waals surface area contributed by atoms with Gasteiger partial charge in [0.15, 0.2) is 0 Å². The third-order valence-corrected chi connectivity index (χ3v) is 4.77. The third-order valence-electron chi connectivity index (χ3n) is 3.55. The van der Waals surface area contributed by atoms with E-state index < -0.39 is 0 Å². The highest BCUT2D eigenvalue weighted by Crippen LogP contribution is 2.25. The normalized spacial score (nSPS) is 18.9. The Morgan fingerprint density at radius 3 is 2.70 bits per heavy atom. The van der Waals surface area contributed by atoms with Gasteiger partial charge in [0.2, 0.25) is 0 Å². The van der Waals surface area contributed by atoms with Crippen LogP contribution in [0.5, 0.6) is 0 Å². The van der Waals surface area contributed by atoms with E-state index in [0.717, 1.165) is 42.4 Å². The van der Waals surface area contributed by atoms with Crippen LogP contribution in [0.4, 0.5) is 11.6 Å². The Balaban J connectivity index is 2.16. The molecule has 0 radical (unpaired) electrons. The van der Waals surface area contributed by atoms with Crippen molar-refractivity contribution >= 4 is 23.4 Å². The van der Waals surface area contributed by atoms with Crippen molar-refractivity contribution in [3.8, 4) is 0 Å². The van der Waals surface area contributed by atoms with Gasteiger partial charge in [0, 0.05) is 30.3 Å². The van der Waals surface area contributed by atoms with Crippen molar-refractivity contribution in [2.45, 2.75) is 52.5 Å². The largest absolute Gasteiger partial charge is 0.370 e. The van der Waals surface area contributed by atoms with Crippen molar-refractivity contribution in [2.24, 2.45) is 0 Å². The molecule has 0 spiro atoms. The van der Waals surface area contributed by atoms with Crippen LogP contribution in [0.3, 0.4) is 0 Å². The monoisotopic (exact) mass is 294 g/mol. The molecule has 0 aliphatic carbocycles. The van der Waals surface area contributed by atoms with E-state index in [1.54, 1.807) is 0 Å². The van der Waals surface area contributed by atoms with Gasteiger partial charge >= 0.3 is 0 Å². The number of rotatable bonds is 6. The highest BCUT2D eigenvalue weighted by molar-refractivity contribution is 7.99. The van der Waals surface area contributed by atoms with Crippen molar-refractivity contribution < 1.29 is 0 Å². The van der Waals surface area contributed by atoms with Crippen LogP contribution in [0, 0.1) is 6.92 Å². The molecule has 1 aliphatic heterocycles. The van der Waals surface area contributed by atoms with Gasteiger partial charge in [0.1, 0.15) is 17.5 Å². The quantitative estimate of drug-likeness (QED) is 0.841. The Labute approximate surface area is 126 Å². The maximum absolute atomic E-state index is 4.68. The zero-order valence-corrected chi connectivity index (χ0v) is 13.6. The molecule has 112 valence electrons. The molecular formula is C15H26N4S. The van der Waals surface area contributed by atoms with Crippen LogP contribution < -0.4 is 10.6 Å². The number of aryl methyl sites for hydroxylation is 1. The van der Waals surface area contributed by atoms with Gasteiger partial charge in [-0.15, -0.1) is 0 Å². The van der Waals surface area contributed by atoms with Gasteiger partial charge in [0.25, 0.3) is 0 Å². The zero-order valence-electron chi connectivity index (χ0n) is 12.8. The molecule has 1 aromatic rings. The number of aromatic nitrogens is 2. The van der Waals surface area contributed by atoms with Gasteiger partial charge < -0.3 is 10.6 Å². The van der Waals surface area contributed by atoms with Gasteiger partial charge in [-0.25, -0.2) is 9.97 Å². The van der Waals surface area contributed by atoms with E-state index in [9.17, 15) is 0 Å². The fourth-order valence-electron chi connectivity index (χ4n) is 2.33. The molecule has 0 amide bonds. The number of hydrogen-bond acceptors (Lipinski definition) is 5. The lowest BCUT2D eigenvalue weighted by Crippen LogP contribution is -2.27. The van der Waals surface area contributed by atoms with Crippen LogP contribution in [0.25, 0.3) is 0 Å². The Hall–Kier alpha value is -0.970. The first-order valence-corrected chi connectivity index (χ1v) is 8.85. The van der Waals surface area contributed by atoms with Crippen molar-refractivity contribution in [3.05, 3.63) is 11.4 Å². The summed E-state index contributed by atoms with van der Waals surface area (Å²) in [6, 6.07) is 0.547. The molecule has 1 unspecified atom stereocenters. The SMILES string of the molecule is CCCNc1nc(CC)nc(NC2CCCSC2)c1C. The molecule has 1 atom stereocenters. The molecular weight excluding hydrogens is 268 g/mol. The average molecular weight is 294 g/mol. The summed E-state index contributed by atoms with van der Waals surface area (Å²) in [6.07, 6.45) is 4.52. The van der Waals surface area contributed by atoms with Crippen LogP contribution in [-0.4, -0.2) is 34.1 Å². The summed E-state index contributed by atoms with van der Waals surface area (Å²) >= 11 is 2.03. The summed E-state index contributed by atoms with van der Waals surface area (Å²) in [4.78, 5) is 9.30. The lowest BCUT2D eigenvalue weighted by Gasteiger charge is -2.24. The van der Waals surface area contributed by atoms with Crippen LogP contribution in [0.15, 0.2) is 0 Å². The van der Waals surface area contributed by atoms with Gasteiger partial charge in [-0.05, 0) is 31.9 Å². The molecule has 20 heavy (non-hydrogen) atoms. The minimum atomic E-state index is 0.547. The van der Waals surface area contributed by atoms with E-state index in [2.05, 4.69) is 41.4 Å². The second-order valence-corrected chi connectivity index (χ2v) is 6.45. The summed E-state index contributed by atoms with van der Waals surface area (Å²) in [5, 5.41) is 7.05. The number of thioether (sulfide) groups is 1. The summed E-state index contributed by atoms with van der Waals surface area (Å²) in [6.45, 7) is 7.34. The number of nitrogens with zero attached hydrogens (tertiary/aromatic N) is 2. The summed E-state index contributed by atoms with van der Waals surface area (Å²) in [5.41, 5.74) is 1.14. The third kappa shape index (κ3) is 4.01. The maximum Gasteiger partial charge on any atom is 0.135 e. The maximum atomic E-state index is 4.68. The molecule has 1 aliphatic rings. The van der Waals surface area contributed by atoms with E-state index in [1.165, 1.54) is 24.3 Å². The molecule has 5 heteroatoms. The smallest absolute Gasteiger partial charge is 0.135 e. The number of hydrogen-bond donors (Lipinski definition) is 2. The Morgan fingerprint density at radius 1 is 1.25 bits per heavy atom. The summed E-state index contributed by atoms with van der Waals surface area (Å²) in [5.74, 6) is 5.40. The van der Waals surface area contributed by atoms with Crippen LogP contribution in [-0.2, 0) is 6.42 Å². The number of anilines is 2. The predicted octanol–water partition coefficient (Wildman–Crippen LogP) is 3.48.